The van der Waals surface area contributed by atoms with Gasteiger partial charge in [0.25, 0.3) is 0 Å². The summed E-state index contributed by atoms with van der Waals surface area (Å²) >= 11 is 0. The molecule has 215 valence electrons. The topological polar surface area (TPSA) is 63.1 Å². The van der Waals surface area contributed by atoms with E-state index in [4.69, 9.17) is 18.3 Å². The monoisotopic (exact) mass is 746 g/mol. The Labute approximate surface area is 274 Å². The van der Waals surface area contributed by atoms with Crippen LogP contribution in [0.15, 0.2) is 109 Å². The van der Waals surface area contributed by atoms with Crippen LogP contribution in [0.4, 0.5) is 0 Å². The van der Waals surface area contributed by atoms with Gasteiger partial charge in [-0.3, -0.25) is 4.98 Å². The van der Waals surface area contributed by atoms with Gasteiger partial charge in [-0.1, -0.05) is 94.3 Å². The van der Waals surface area contributed by atoms with E-state index in [1.54, 1.807) is 30.3 Å². The minimum absolute atomic E-state index is 0. The summed E-state index contributed by atoms with van der Waals surface area (Å²) in [6.07, 6.45) is 1.45. The Bertz CT molecular complexity index is 2130. The number of pyridine rings is 2. The fraction of sp³-hybridized carbons (Fsp3) is 0.132. The third-order valence-corrected chi connectivity index (χ3v) is 7.37. The van der Waals surface area contributed by atoms with Gasteiger partial charge in [-0.05, 0) is 63.3 Å². The van der Waals surface area contributed by atoms with Crippen LogP contribution in [0.25, 0.3) is 44.4 Å². The number of aryl methyl sites for hydroxylation is 2. The Kier molecular flexibility index (Phi) is 6.46. The third-order valence-electron chi connectivity index (χ3n) is 7.37. The molecule has 5 heteroatoms. The van der Waals surface area contributed by atoms with Crippen LogP contribution in [0.2, 0.25) is 0 Å². The Hall–Kier alpha value is -4.44. The van der Waals surface area contributed by atoms with E-state index in [1.165, 1.54) is 12.3 Å². The number of aromatic carboxylic acids is 1. The number of carbonyl (C=O) groups is 1. The van der Waals surface area contributed by atoms with Gasteiger partial charge in [0.15, 0.2) is 0 Å². The van der Waals surface area contributed by atoms with E-state index in [9.17, 15) is 4.79 Å². The number of carboxylic acids is 1. The number of hydrogen-bond donors (Lipinski definition) is 1. The van der Waals surface area contributed by atoms with Gasteiger partial charge >= 0.3 is 5.97 Å². The second-order valence-corrected chi connectivity index (χ2v) is 10.4. The van der Waals surface area contributed by atoms with E-state index >= 15 is 0 Å². The second kappa shape index (κ2) is 12.0. The molecule has 6 aromatic rings. The summed E-state index contributed by atoms with van der Waals surface area (Å²) in [7, 11) is 0. The molecule has 2 heterocycles. The summed E-state index contributed by atoms with van der Waals surface area (Å²) in [5, 5.41) is 9.15. The Morgan fingerprint density at radius 2 is 1.56 bits per heavy atom. The van der Waals surface area contributed by atoms with Gasteiger partial charge in [0.05, 0.1) is 5.52 Å². The second-order valence-electron chi connectivity index (χ2n) is 10.4. The van der Waals surface area contributed by atoms with Crippen molar-refractivity contribution in [3.8, 4) is 33.5 Å². The first-order valence-electron chi connectivity index (χ1n) is 16.5. The summed E-state index contributed by atoms with van der Waals surface area (Å²) in [4.78, 5) is 18.7. The molecule has 1 N–H and O–H groups in total. The molecular formula is C38H31IrN2O2-. The molecule has 0 unspecified atom stereocenters. The minimum atomic E-state index is -2.82. The van der Waals surface area contributed by atoms with Crippen molar-refractivity contribution in [2.75, 3.05) is 0 Å². The van der Waals surface area contributed by atoms with Crippen LogP contribution >= 0.6 is 0 Å². The van der Waals surface area contributed by atoms with Crippen LogP contribution in [0, 0.1) is 19.9 Å². The van der Waals surface area contributed by atoms with Gasteiger partial charge in [0.2, 0.25) is 0 Å². The maximum Gasteiger partial charge on any atom is 0.354 e. The van der Waals surface area contributed by atoms with Gasteiger partial charge < -0.3 is 5.11 Å². The van der Waals surface area contributed by atoms with E-state index in [1.807, 2.05) is 80.6 Å². The average molecular weight is 746 g/mol. The molecule has 0 bridgehead atoms. The molecular weight excluding hydrogens is 709 g/mol. The van der Waals surface area contributed by atoms with Crippen LogP contribution in [-0.4, -0.2) is 21.0 Å². The number of fused-ring (bicyclic) bond motifs is 4. The molecule has 1 aliphatic rings. The van der Waals surface area contributed by atoms with Crippen LogP contribution in [-0.2, 0) is 25.5 Å². The van der Waals surface area contributed by atoms with Crippen molar-refractivity contribution < 1.29 is 38.2 Å². The molecule has 0 saturated heterocycles. The van der Waals surface area contributed by atoms with Crippen LogP contribution in [0.1, 0.15) is 54.7 Å². The fourth-order valence-electron chi connectivity index (χ4n) is 5.51. The van der Waals surface area contributed by atoms with Gasteiger partial charge in [0.1, 0.15) is 5.69 Å². The molecule has 2 aromatic heterocycles. The number of nitrogens with zero attached hydrogens (tertiary/aromatic N) is 2. The first-order chi connectivity index (χ1) is 22.7. The minimum Gasteiger partial charge on any atom is -0.477 e. The van der Waals surface area contributed by atoms with Crippen molar-refractivity contribution in [1.29, 1.82) is 0 Å². The number of hydrogen-bond acceptors (Lipinski definition) is 3. The SMILES string of the molecule is O=C(O)c1ccccn1.[2H]C([2H])([2H])C1(C([2H])([2H])[2H])c2ccccc2-c2cc3c(-c4ccccc4)cc(-c4[c-]c(C)cc(C)c4)nc3cc21.[Ir]. The fourth-order valence-corrected chi connectivity index (χ4v) is 5.51. The molecule has 7 rings (SSSR count). The maximum atomic E-state index is 10.1. The zero-order chi connectivity index (χ0) is 34.4. The van der Waals surface area contributed by atoms with E-state index < -0.39 is 25.1 Å². The summed E-state index contributed by atoms with van der Waals surface area (Å²) in [5.41, 5.74) is 5.79. The summed E-state index contributed by atoms with van der Waals surface area (Å²) < 4.78 is 51.3. The molecule has 0 fully saturated rings. The average Bonchev–Trinajstić information content (AvgIpc) is 3.35. The number of benzene rings is 4. The molecule has 1 radical (unpaired) electrons. The van der Waals surface area contributed by atoms with Crippen molar-refractivity contribution in [3.05, 3.63) is 143 Å². The van der Waals surface area contributed by atoms with Crippen LogP contribution in [0.5, 0.6) is 0 Å². The zero-order valence-corrected chi connectivity index (χ0v) is 25.9. The first kappa shape index (κ1) is 23.1. The maximum absolute atomic E-state index is 10.1. The molecule has 43 heavy (non-hydrogen) atoms. The van der Waals surface area contributed by atoms with Crippen LogP contribution < -0.4 is 0 Å². The van der Waals surface area contributed by atoms with Crippen molar-refractivity contribution in [1.82, 2.24) is 9.97 Å². The molecule has 4 aromatic carbocycles. The first-order valence-corrected chi connectivity index (χ1v) is 13.5. The third kappa shape index (κ3) is 5.79. The van der Waals surface area contributed by atoms with Gasteiger partial charge in [-0.15, -0.1) is 34.9 Å². The number of aromatic nitrogens is 2. The van der Waals surface area contributed by atoms with Crippen molar-refractivity contribution >= 4 is 16.9 Å². The molecule has 1 aliphatic carbocycles. The number of carboxylic acid groups (broad SMARTS) is 1. The predicted molar refractivity (Wildman–Crippen MR) is 170 cm³/mol. The molecule has 4 nitrogen and oxygen atoms in total. The van der Waals surface area contributed by atoms with Crippen molar-refractivity contribution in [2.24, 2.45) is 0 Å². The van der Waals surface area contributed by atoms with E-state index in [2.05, 4.69) is 11.1 Å². The smallest absolute Gasteiger partial charge is 0.354 e. The van der Waals surface area contributed by atoms with E-state index in [0.717, 1.165) is 33.2 Å². The molecule has 0 spiro atoms. The molecule has 0 atom stereocenters. The molecule has 0 amide bonds. The summed E-state index contributed by atoms with van der Waals surface area (Å²) in [6.45, 7) is -1.64. The normalized spacial score (nSPS) is 15.0. The quantitative estimate of drug-likeness (QED) is 0.184. The van der Waals surface area contributed by atoms with Gasteiger partial charge in [-0.25, -0.2) is 9.78 Å². The standard InChI is InChI=1S/C32H26N.C6H5NO2.Ir/c1-20-14-21(2)16-23(15-20)30-18-25(22-10-6-5-7-11-22)27-17-26-24-12-8-9-13-28(24)32(3,4)29(26)19-31(27)33-30;8-6(9)5-3-1-2-4-7-5;/h5-15,17-19H,1-4H3;1-4H,(H,8,9);/q-1;;/i3D3,4D3;;. The molecule has 0 saturated carbocycles. The van der Waals surface area contributed by atoms with Crippen LogP contribution in [0.3, 0.4) is 0 Å². The van der Waals surface area contributed by atoms with Crippen molar-refractivity contribution in [2.45, 2.75) is 33.0 Å². The van der Waals surface area contributed by atoms with Gasteiger partial charge in [-0.2, -0.15) is 0 Å². The summed E-state index contributed by atoms with van der Waals surface area (Å²) in [6, 6.07) is 34.8. The zero-order valence-electron chi connectivity index (χ0n) is 29.5. The van der Waals surface area contributed by atoms with E-state index in [-0.39, 0.29) is 31.4 Å². The largest absolute Gasteiger partial charge is 0.477 e. The Morgan fingerprint density at radius 3 is 2.23 bits per heavy atom. The number of rotatable bonds is 3. The van der Waals surface area contributed by atoms with Crippen molar-refractivity contribution in [3.63, 3.8) is 0 Å². The van der Waals surface area contributed by atoms with E-state index in [0.29, 0.717) is 27.9 Å². The van der Waals surface area contributed by atoms with Gasteiger partial charge in [0, 0.05) is 45.3 Å². The Morgan fingerprint density at radius 1 is 0.814 bits per heavy atom. The Balaban J connectivity index is 0.000000409. The predicted octanol–water partition coefficient (Wildman–Crippen LogP) is 9.07. The summed E-state index contributed by atoms with van der Waals surface area (Å²) in [5.74, 6) is -0.990. The molecule has 0 aliphatic heterocycles.